The van der Waals surface area contributed by atoms with Crippen LogP contribution in [-0.2, 0) is 0 Å². The minimum absolute atomic E-state index is 0.308. The van der Waals surface area contributed by atoms with E-state index in [1.807, 2.05) is 0 Å². The average Bonchev–Trinajstić information content (AvgIpc) is 2.40. The summed E-state index contributed by atoms with van der Waals surface area (Å²) in [5, 5.41) is 14.6. The van der Waals surface area contributed by atoms with Gasteiger partial charge in [-0.3, -0.25) is 0 Å². The first-order valence-corrected chi connectivity index (χ1v) is 8.45. The third-order valence-electron chi connectivity index (χ3n) is 5.12. The predicted octanol–water partition coefficient (Wildman–Crippen LogP) is -0.685. The van der Waals surface area contributed by atoms with Crippen LogP contribution in [0, 0.1) is 5.92 Å². The Labute approximate surface area is 118 Å². The van der Waals surface area contributed by atoms with Gasteiger partial charge in [-0.05, 0) is 18.8 Å². The average molecular weight is 269 g/mol. The first-order chi connectivity index (χ1) is 9.15. The van der Waals surface area contributed by atoms with E-state index in [4.69, 9.17) is 0 Å². The molecule has 3 nitrogen and oxygen atoms in total. The van der Waals surface area contributed by atoms with Crippen LogP contribution in [0.15, 0.2) is 0 Å². The van der Waals surface area contributed by atoms with Crippen LogP contribution in [0.25, 0.3) is 0 Å². The van der Waals surface area contributed by atoms with Crippen molar-refractivity contribution >= 4 is 0 Å². The van der Waals surface area contributed by atoms with Crippen molar-refractivity contribution in [3.63, 3.8) is 0 Å². The fourth-order valence-electron chi connectivity index (χ4n) is 4.04. The Morgan fingerprint density at radius 3 is 2.42 bits per heavy atom. The molecule has 2 fully saturated rings. The summed E-state index contributed by atoms with van der Waals surface area (Å²) in [6.45, 7) is 1.20. The molecule has 1 heterocycles. The monoisotopic (exact) mass is 269 g/mol. The molecule has 0 aromatic carbocycles. The molecule has 3 atom stereocenters. The summed E-state index contributed by atoms with van der Waals surface area (Å²) in [6.07, 6.45) is 11.3. The van der Waals surface area contributed by atoms with Gasteiger partial charge in [0.05, 0.1) is 20.1 Å². The molecule has 0 amide bonds. The predicted molar refractivity (Wildman–Crippen MR) is 76.0 cm³/mol. The number of nitrogens with one attached hydrogen (secondary N) is 1. The number of hydrogen-bond donors (Lipinski definition) is 2. The lowest BCUT2D eigenvalue weighted by Gasteiger charge is -2.39. The van der Waals surface area contributed by atoms with Gasteiger partial charge in [-0.1, -0.05) is 44.6 Å². The standard InChI is InChI=1S/C16H31N2O/c1-18(2)12-14-9-11-16(19)15(17-14)10-8-13-6-4-3-5-7-13/h13-17H,3-12H2,1-2H3/q-1/p+2. The van der Waals surface area contributed by atoms with Gasteiger partial charge in [0, 0.05) is 6.42 Å². The molecular weight excluding hydrogens is 236 g/mol. The first kappa shape index (κ1) is 15.3. The van der Waals surface area contributed by atoms with E-state index in [9.17, 15) is 5.11 Å². The Balaban J connectivity index is 1.73. The van der Waals surface area contributed by atoms with Gasteiger partial charge >= 0.3 is 0 Å². The van der Waals surface area contributed by atoms with E-state index >= 15 is 0 Å². The van der Waals surface area contributed by atoms with E-state index < -0.39 is 0 Å². The van der Waals surface area contributed by atoms with Crippen molar-refractivity contribution in [2.24, 2.45) is 5.92 Å². The van der Waals surface area contributed by atoms with Crippen molar-refractivity contribution in [3.8, 4) is 0 Å². The van der Waals surface area contributed by atoms with Crippen LogP contribution in [0.1, 0.15) is 57.8 Å². The lowest BCUT2D eigenvalue weighted by atomic mass is 9.83. The molecule has 1 aliphatic heterocycles. The molecule has 0 bridgehead atoms. The highest BCUT2D eigenvalue weighted by atomic mass is 16.3. The van der Waals surface area contributed by atoms with E-state index in [0.29, 0.717) is 12.1 Å². The molecule has 0 spiro atoms. The summed E-state index contributed by atoms with van der Waals surface area (Å²) in [5.74, 6) is 0.925. The molecule has 2 rings (SSSR count). The van der Waals surface area contributed by atoms with Crippen LogP contribution in [0.2, 0.25) is 0 Å². The van der Waals surface area contributed by atoms with Gasteiger partial charge in [-0.15, -0.1) is 0 Å². The van der Waals surface area contributed by atoms with E-state index in [1.165, 1.54) is 50.0 Å². The summed E-state index contributed by atoms with van der Waals surface area (Å²) >= 11 is 0. The first-order valence-electron chi connectivity index (χ1n) is 8.45. The molecule has 0 aromatic heterocycles. The van der Waals surface area contributed by atoms with Crippen molar-refractivity contribution in [3.05, 3.63) is 0 Å². The third-order valence-corrected chi connectivity index (χ3v) is 5.12. The number of nitrogens with two attached hydrogens (primary N) is 1. The molecule has 2 aliphatic rings. The highest BCUT2D eigenvalue weighted by Gasteiger charge is 2.29. The van der Waals surface area contributed by atoms with Crippen molar-refractivity contribution in [1.82, 2.24) is 0 Å². The highest BCUT2D eigenvalue weighted by molar-refractivity contribution is 4.75. The second-order valence-electron chi connectivity index (χ2n) is 7.22. The molecular formula is C16H33N2O+. The Kier molecular flexibility index (Phi) is 6.11. The molecule has 19 heavy (non-hydrogen) atoms. The lowest BCUT2D eigenvalue weighted by molar-refractivity contribution is -0.891. The van der Waals surface area contributed by atoms with Gasteiger partial charge in [0.25, 0.3) is 0 Å². The fraction of sp³-hybridized carbons (Fsp3) is 1.00. The number of likely N-dealkylation sites (N-methyl/N-ethyl adjacent to an activating group) is 1. The Bertz CT molecular complexity index is 251. The van der Waals surface area contributed by atoms with Gasteiger partial charge in [0.15, 0.2) is 0 Å². The number of quaternary nitrogens is 2. The zero-order chi connectivity index (χ0) is 13.7. The Morgan fingerprint density at radius 2 is 1.74 bits per heavy atom. The summed E-state index contributed by atoms with van der Waals surface area (Å²) in [5.41, 5.74) is 0. The van der Waals surface area contributed by atoms with Crippen LogP contribution >= 0.6 is 0 Å². The molecule has 3 N–H and O–H groups in total. The van der Waals surface area contributed by atoms with Crippen molar-refractivity contribution in [1.29, 1.82) is 0 Å². The lowest BCUT2D eigenvalue weighted by Crippen LogP contribution is -3.13. The largest absolute Gasteiger partial charge is 0.848 e. The summed E-state index contributed by atoms with van der Waals surface area (Å²) in [4.78, 5) is 1.51. The quantitative estimate of drug-likeness (QED) is 0.682. The van der Waals surface area contributed by atoms with Crippen molar-refractivity contribution in [2.45, 2.75) is 76.0 Å². The maximum absolute atomic E-state index is 12.1. The van der Waals surface area contributed by atoms with Gasteiger partial charge < -0.3 is 15.3 Å². The minimum atomic E-state index is -0.308. The number of hydrogen-bond acceptors (Lipinski definition) is 1. The summed E-state index contributed by atoms with van der Waals surface area (Å²) in [7, 11) is 4.43. The second-order valence-corrected chi connectivity index (χ2v) is 7.22. The summed E-state index contributed by atoms with van der Waals surface area (Å²) in [6, 6.07) is 1.05. The van der Waals surface area contributed by atoms with Gasteiger partial charge in [0.2, 0.25) is 0 Å². The molecule has 0 aromatic rings. The topological polar surface area (TPSA) is 44.1 Å². The van der Waals surface area contributed by atoms with Crippen LogP contribution < -0.4 is 15.3 Å². The molecule has 1 aliphatic carbocycles. The molecule has 112 valence electrons. The van der Waals surface area contributed by atoms with Crippen molar-refractivity contribution < 1.29 is 15.3 Å². The van der Waals surface area contributed by atoms with Crippen LogP contribution in [0.4, 0.5) is 0 Å². The molecule has 1 saturated carbocycles. The second kappa shape index (κ2) is 7.61. The van der Waals surface area contributed by atoms with E-state index in [1.54, 1.807) is 0 Å². The summed E-state index contributed by atoms with van der Waals surface area (Å²) < 4.78 is 0. The maximum atomic E-state index is 12.1. The normalized spacial score (nSPS) is 33.8. The Morgan fingerprint density at radius 1 is 1.00 bits per heavy atom. The highest BCUT2D eigenvalue weighted by Crippen LogP contribution is 2.28. The maximum Gasteiger partial charge on any atom is 0.136 e. The number of piperidine rings is 1. The zero-order valence-electron chi connectivity index (χ0n) is 12.9. The molecule has 3 heteroatoms. The number of rotatable bonds is 5. The van der Waals surface area contributed by atoms with Crippen LogP contribution in [-0.4, -0.2) is 38.8 Å². The molecule has 1 saturated heterocycles. The third kappa shape index (κ3) is 5.05. The molecule has 0 radical (unpaired) electrons. The van der Waals surface area contributed by atoms with E-state index in [0.717, 1.165) is 25.2 Å². The SMILES string of the molecule is C[NH+](C)CC1CCC([O-])C(CCC2CCCCC2)[NH2+]1. The smallest absolute Gasteiger partial charge is 0.136 e. The minimum Gasteiger partial charge on any atom is -0.848 e. The van der Waals surface area contributed by atoms with Crippen molar-refractivity contribution in [2.75, 3.05) is 20.6 Å². The fourth-order valence-corrected chi connectivity index (χ4v) is 4.04. The van der Waals surface area contributed by atoms with Crippen LogP contribution in [0.5, 0.6) is 0 Å². The Hall–Kier alpha value is -0.120. The van der Waals surface area contributed by atoms with Crippen LogP contribution in [0.3, 0.4) is 0 Å². The van der Waals surface area contributed by atoms with E-state index in [2.05, 4.69) is 19.4 Å². The van der Waals surface area contributed by atoms with Gasteiger partial charge in [-0.25, -0.2) is 0 Å². The van der Waals surface area contributed by atoms with Gasteiger partial charge in [-0.2, -0.15) is 0 Å². The molecule has 3 unspecified atom stereocenters. The van der Waals surface area contributed by atoms with Gasteiger partial charge in [0.1, 0.15) is 12.6 Å². The van der Waals surface area contributed by atoms with E-state index in [-0.39, 0.29) is 6.10 Å². The zero-order valence-corrected chi connectivity index (χ0v) is 12.9.